The number of benzene rings is 1. The molecule has 0 amide bonds. The molecule has 0 fully saturated rings. The molecule has 20 heavy (non-hydrogen) atoms. The van der Waals surface area contributed by atoms with Crippen molar-refractivity contribution in [2.75, 3.05) is 6.54 Å². The Labute approximate surface area is 119 Å². The second kappa shape index (κ2) is 5.47. The Kier molecular flexibility index (Phi) is 3.52. The van der Waals surface area contributed by atoms with Crippen LogP contribution < -0.4 is 5.73 Å². The summed E-state index contributed by atoms with van der Waals surface area (Å²) in [5.41, 5.74) is 10.7. The van der Waals surface area contributed by atoms with E-state index < -0.39 is 0 Å². The molecule has 3 heteroatoms. The largest absolute Gasteiger partial charge is 0.343 e. The Bertz CT molecular complexity index is 728. The van der Waals surface area contributed by atoms with E-state index in [4.69, 9.17) is 5.73 Å². The summed E-state index contributed by atoms with van der Waals surface area (Å²) < 4.78 is 2.27. The molecule has 0 atom stereocenters. The van der Waals surface area contributed by atoms with Gasteiger partial charge >= 0.3 is 0 Å². The summed E-state index contributed by atoms with van der Waals surface area (Å²) >= 11 is 0. The van der Waals surface area contributed by atoms with Gasteiger partial charge in [-0.2, -0.15) is 0 Å². The van der Waals surface area contributed by atoms with E-state index in [0.717, 1.165) is 13.0 Å². The molecular weight excluding hydrogens is 246 g/mol. The third-order valence-electron chi connectivity index (χ3n) is 3.60. The minimum atomic E-state index is 0.687. The number of nitrogens with zero attached hydrogens (tertiary/aromatic N) is 2. The first-order chi connectivity index (χ1) is 9.78. The molecule has 2 heterocycles. The van der Waals surface area contributed by atoms with Gasteiger partial charge in [-0.25, -0.2) is 0 Å². The molecule has 0 unspecified atom stereocenters. The fraction of sp³-hybridized carbons (Fsp3) is 0.235. The molecule has 3 rings (SSSR count). The lowest BCUT2D eigenvalue weighted by atomic mass is 10.1. The van der Waals surface area contributed by atoms with Crippen LogP contribution in [0.3, 0.4) is 0 Å². The van der Waals surface area contributed by atoms with Gasteiger partial charge in [-0.1, -0.05) is 18.2 Å². The number of aromatic nitrogens is 2. The van der Waals surface area contributed by atoms with Crippen molar-refractivity contribution < 1.29 is 0 Å². The number of pyridine rings is 1. The van der Waals surface area contributed by atoms with Crippen LogP contribution in [0.5, 0.6) is 0 Å². The first-order valence-corrected chi connectivity index (χ1v) is 6.95. The van der Waals surface area contributed by atoms with E-state index in [0.29, 0.717) is 6.54 Å². The Hall–Kier alpha value is -2.13. The van der Waals surface area contributed by atoms with E-state index in [1.165, 1.54) is 27.6 Å². The number of aryl methyl sites for hydroxylation is 1. The molecule has 0 saturated carbocycles. The van der Waals surface area contributed by atoms with E-state index in [1.54, 1.807) is 0 Å². The molecule has 0 bridgehead atoms. The first kappa shape index (κ1) is 12.9. The van der Waals surface area contributed by atoms with E-state index in [2.05, 4.69) is 53.0 Å². The quantitative estimate of drug-likeness (QED) is 0.788. The maximum Gasteiger partial charge on any atom is 0.0491 e. The average Bonchev–Trinajstić information content (AvgIpc) is 2.84. The maximum absolute atomic E-state index is 5.68. The van der Waals surface area contributed by atoms with Gasteiger partial charge in [0.2, 0.25) is 0 Å². The van der Waals surface area contributed by atoms with Gasteiger partial charge in [0.15, 0.2) is 0 Å². The lowest BCUT2D eigenvalue weighted by molar-refractivity contribution is 0.830. The summed E-state index contributed by atoms with van der Waals surface area (Å²) in [5.74, 6) is 0. The standard InChI is InChI=1S/C17H19N3/c1-13-9-14(11-19-10-13)12-20-8-6-16-15(5-7-18)3-2-4-17(16)20/h2-4,6,8-11H,5,7,12,18H2,1H3. The molecule has 0 aliphatic rings. The van der Waals surface area contributed by atoms with Crippen molar-refractivity contribution in [2.24, 2.45) is 5.73 Å². The van der Waals surface area contributed by atoms with E-state index in [-0.39, 0.29) is 0 Å². The summed E-state index contributed by atoms with van der Waals surface area (Å²) in [7, 11) is 0. The SMILES string of the molecule is Cc1cncc(Cn2ccc3c(CCN)cccc32)c1. The molecule has 1 aromatic carbocycles. The van der Waals surface area contributed by atoms with Gasteiger partial charge in [-0.15, -0.1) is 0 Å². The predicted molar refractivity (Wildman–Crippen MR) is 82.8 cm³/mol. The second-order valence-corrected chi connectivity index (χ2v) is 5.20. The normalized spacial score (nSPS) is 11.1. The third-order valence-corrected chi connectivity index (χ3v) is 3.60. The van der Waals surface area contributed by atoms with Gasteiger partial charge in [0.25, 0.3) is 0 Å². The van der Waals surface area contributed by atoms with Crippen LogP contribution in [-0.4, -0.2) is 16.1 Å². The van der Waals surface area contributed by atoms with Crippen molar-refractivity contribution in [1.29, 1.82) is 0 Å². The Balaban J connectivity index is 1.98. The van der Waals surface area contributed by atoms with Crippen LogP contribution >= 0.6 is 0 Å². The highest BCUT2D eigenvalue weighted by Gasteiger charge is 2.05. The van der Waals surface area contributed by atoms with Crippen molar-refractivity contribution in [3.05, 3.63) is 65.6 Å². The highest BCUT2D eigenvalue weighted by Crippen LogP contribution is 2.21. The Morgan fingerprint density at radius 3 is 2.90 bits per heavy atom. The van der Waals surface area contributed by atoms with Gasteiger partial charge < -0.3 is 10.3 Å². The zero-order valence-corrected chi connectivity index (χ0v) is 11.7. The van der Waals surface area contributed by atoms with Crippen molar-refractivity contribution in [2.45, 2.75) is 19.9 Å². The van der Waals surface area contributed by atoms with Crippen molar-refractivity contribution >= 4 is 10.9 Å². The van der Waals surface area contributed by atoms with Crippen molar-refractivity contribution in [1.82, 2.24) is 9.55 Å². The average molecular weight is 265 g/mol. The summed E-state index contributed by atoms with van der Waals surface area (Å²) in [5, 5.41) is 1.30. The van der Waals surface area contributed by atoms with Crippen molar-refractivity contribution in [3.8, 4) is 0 Å². The van der Waals surface area contributed by atoms with E-state index in [1.807, 2.05) is 12.4 Å². The van der Waals surface area contributed by atoms with Gasteiger partial charge in [0.1, 0.15) is 0 Å². The molecule has 0 saturated heterocycles. The second-order valence-electron chi connectivity index (χ2n) is 5.20. The molecule has 0 aliphatic heterocycles. The van der Waals surface area contributed by atoms with Gasteiger partial charge in [0, 0.05) is 36.0 Å². The monoisotopic (exact) mass is 265 g/mol. The number of rotatable bonds is 4. The zero-order valence-electron chi connectivity index (χ0n) is 11.7. The van der Waals surface area contributed by atoms with Crippen LogP contribution in [0, 0.1) is 6.92 Å². The van der Waals surface area contributed by atoms with Gasteiger partial charge in [-0.3, -0.25) is 4.98 Å². The van der Waals surface area contributed by atoms with Crippen LogP contribution in [0.15, 0.2) is 48.9 Å². The van der Waals surface area contributed by atoms with Crippen LogP contribution in [0.25, 0.3) is 10.9 Å². The smallest absolute Gasteiger partial charge is 0.0491 e. The third kappa shape index (κ3) is 2.45. The highest BCUT2D eigenvalue weighted by molar-refractivity contribution is 5.83. The van der Waals surface area contributed by atoms with Crippen LogP contribution in [-0.2, 0) is 13.0 Å². The zero-order chi connectivity index (χ0) is 13.9. The summed E-state index contributed by atoms with van der Waals surface area (Å²) in [6.45, 7) is 3.61. The lowest BCUT2D eigenvalue weighted by Crippen LogP contribution is -2.03. The molecule has 2 aromatic heterocycles. The van der Waals surface area contributed by atoms with Crippen molar-refractivity contribution in [3.63, 3.8) is 0 Å². The molecule has 3 aromatic rings. The lowest BCUT2D eigenvalue weighted by Gasteiger charge is -2.07. The van der Waals surface area contributed by atoms with Crippen LogP contribution in [0.4, 0.5) is 0 Å². The van der Waals surface area contributed by atoms with Crippen LogP contribution in [0.2, 0.25) is 0 Å². The summed E-state index contributed by atoms with van der Waals surface area (Å²) in [6, 6.07) is 10.8. The molecule has 3 nitrogen and oxygen atoms in total. The minimum absolute atomic E-state index is 0.687. The molecule has 0 aliphatic carbocycles. The molecule has 0 radical (unpaired) electrons. The number of nitrogens with two attached hydrogens (primary N) is 1. The fourth-order valence-corrected chi connectivity index (χ4v) is 2.70. The maximum atomic E-state index is 5.68. The minimum Gasteiger partial charge on any atom is -0.343 e. The Morgan fingerprint density at radius 2 is 2.10 bits per heavy atom. The molecule has 2 N–H and O–H groups in total. The topological polar surface area (TPSA) is 43.8 Å². The summed E-state index contributed by atoms with van der Waals surface area (Å²) in [4.78, 5) is 4.26. The molecule has 0 spiro atoms. The van der Waals surface area contributed by atoms with Gasteiger partial charge in [0.05, 0.1) is 0 Å². The predicted octanol–water partition coefficient (Wildman–Crippen LogP) is 2.89. The van der Waals surface area contributed by atoms with E-state index in [9.17, 15) is 0 Å². The first-order valence-electron chi connectivity index (χ1n) is 6.95. The van der Waals surface area contributed by atoms with E-state index >= 15 is 0 Å². The number of hydrogen-bond donors (Lipinski definition) is 1. The molecule has 102 valence electrons. The Morgan fingerprint density at radius 1 is 1.20 bits per heavy atom. The highest BCUT2D eigenvalue weighted by atomic mass is 15.0. The van der Waals surface area contributed by atoms with Crippen LogP contribution in [0.1, 0.15) is 16.7 Å². The molecular formula is C17H19N3. The van der Waals surface area contributed by atoms with Gasteiger partial charge in [-0.05, 0) is 48.7 Å². The fourth-order valence-electron chi connectivity index (χ4n) is 2.70. The summed E-state index contributed by atoms with van der Waals surface area (Å²) in [6.07, 6.45) is 6.89. The number of fused-ring (bicyclic) bond motifs is 1. The number of hydrogen-bond acceptors (Lipinski definition) is 2.